The number of para-hydroxylation sites is 1. The van der Waals surface area contributed by atoms with Crippen molar-refractivity contribution in [1.82, 2.24) is 9.88 Å². The van der Waals surface area contributed by atoms with Crippen LogP contribution in [0.2, 0.25) is 0 Å². The van der Waals surface area contributed by atoms with E-state index in [1.165, 1.54) is 12.8 Å². The zero-order valence-corrected chi connectivity index (χ0v) is 13.9. The summed E-state index contributed by atoms with van der Waals surface area (Å²) >= 11 is 0. The highest BCUT2D eigenvalue weighted by molar-refractivity contribution is 5.99. The van der Waals surface area contributed by atoms with Gasteiger partial charge in [-0.3, -0.25) is 4.79 Å². The largest absolute Gasteiger partial charge is 0.318 e. The molecule has 22 heavy (non-hydrogen) atoms. The molecular weight excluding hydrogens is 272 g/mol. The molecule has 0 saturated carbocycles. The third-order valence-electron chi connectivity index (χ3n) is 3.99. The highest BCUT2D eigenvalue weighted by Gasteiger charge is 2.16. The minimum atomic E-state index is 0.173. The van der Waals surface area contributed by atoms with E-state index in [2.05, 4.69) is 28.9 Å². The van der Waals surface area contributed by atoms with Crippen molar-refractivity contribution in [3.8, 4) is 5.69 Å². The highest BCUT2D eigenvalue weighted by Crippen LogP contribution is 2.20. The van der Waals surface area contributed by atoms with E-state index in [1.807, 2.05) is 38.1 Å². The third kappa shape index (κ3) is 3.86. The van der Waals surface area contributed by atoms with Gasteiger partial charge in [0.05, 0.1) is 6.54 Å². The topological polar surface area (TPSA) is 34.0 Å². The number of nitrogens with one attached hydrogen (secondary N) is 1. The van der Waals surface area contributed by atoms with Gasteiger partial charge < -0.3 is 9.88 Å². The molecule has 0 aliphatic rings. The van der Waals surface area contributed by atoms with Crippen LogP contribution in [0.25, 0.3) is 5.69 Å². The van der Waals surface area contributed by atoms with Gasteiger partial charge >= 0.3 is 0 Å². The van der Waals surface area contributed by atoms with E-state index >= 15 is 0 Å². The van der Waals surface area contributed by atoms with E-state index in [0.717, 1.165) is 35.6 Å². The SMILES string of the molecule is CCCCCNCC(=O)c1cc(C)n(-c2ccccc2)c1C. The standard InChI is InChI=1S/C19H26N2O/c1-4-5-9-12-20-14-19(22)18-13-15(2)21(16(18)3)17-10-7-6-8-11-17/h6-8,10-11,13,20H,4-5,9,12,14H2,1-3H3. The third-order valence-corrected chi connectivity index (χ3v) is 3.99. The molecule has 2 rings (SSSR count). The molecule has 0 atom stereocenters. The molecule has 0 amide bonds. The lowest BCUT2D eigenvalue weighted by molar-refractivity contribution is 0.0990. The molecule has 0 spiro atoms. The van der Waals surface area contributed by atoms with Crippen molar-refractivity contribution in [2.24, 2.45) is 0 Å². The van der Waals surface area contributed by atoms with Gasteiger partial charge in [0.2, 0.25) is 0 Å². The second-order valence-corrected chi connectivity index (χ2v) is 5.76. The predicted octanol–water partition coefficient (Wildman–Crippen LogP) is 4.06. The molecule has 0 radical (unpaired) electrons. The number of unbranched alkanes of at least 4 members (excludes halogenated alkanes) is 2. The predicted molar refractivity (Wildman–Crippen MR) is 92.0 cm³/mol. The molecule has 0 unspecified atom stereocenters. The van der Waals surface area contributed by atoms with E-state index in [1.54, 1.807) is 0 Å². The van der Waals surface area contributed by atoms with Crippen molar-refractivity contribution >= 4 is 5.78 Å². The molecule has 3 nitrogen and oxygen atoms in total. The first-order chi connectivity index (χ1) is 10.6. The Hall–Kier alpha value is -1.87. The fourth-order valence-corrected chi connectivity index (χ4v) is 2.82. The number of aryl methyl sites for hydroxylation is 1. The molecule has 0 aliphatic carbocycles. The number of nitrogens with zero attached hydrogens (tertiary/aromatic N) is 1. The van der Waals surface area contributed by atoms with Crippen LogP contribution in [-0.2, 0) is 0 Å². The molecule has 0 bridgehead atoms. The summed E-state index contributed by atoms with van der Waals surface area (Å²) in [5.74, 6) is 0.173. The summed E-state index contributed by atoms with van der Waals surface area (Å²) in [7, 11) is 0. The van der Waals surface area contributed by atoms with Gasteiger partial charge in [0, 0.05) is 22.6 Å². The van der Waals surface area contributed by atoms with Crippen molar-refractivity contribution in [1.29, 1.82) is 0 Å². The first-order valence-electron chi connectivity index (χ1n) is 8.13. The number of hydrogen-bond acceptors (Lipinski definition) is 2. The van der Waals surface area contributed by atoms with Crippen molar-refractivity contribution in [2.75, 3.05) is 13.1 Å². The fraction of sp³-hybridized carbons (Fsp3) is 0.421. The lowest BCUT2D eigenvalue weighted by Crippen LogP contribution is -2.24. The van der Waals surface area contributed by atoms with Gasteiger partial charge in [-0.1, -0.05) is 38.0 Å². The van der Waals surface area contributed by atoms with Gasteiger partial charge in [-0.25, -0.2) is 0 Å². The quantitative estimate of drug-likeness (QED) is 0.589. The van der Waals surface area contributed by atoms with E-state index in [-0.39, 0.29) is 5.78 Å². The molecule has 1 heterocycles. The summed E-state index contributed by atoms with van der Waals surface area (Å²) < 4.78 is 2.14. The van der Waals surface area contributed by atoms with Crippen LogP contribution < -0.4 is 5.32 Å². The summed E-state index contributed by atoms with van der Waals surface area (Å²) in [6.07, 6.45) is 3.55. The maximum Gasteiger partial charge on any atom is 0.178 e. The zero-order chi connectivity index (χ0) is 15.9. The van der Waals surface area contributed by atoms with Crippen LogP contribution in [0.5, 0.6) is 0 Å². The van der Waals surface area contributed by atoms with Crippen LogP contribution in [-0.4, -0.2) is 23.4 Å². The average molecular weight is 298 g/mol. The lowest BCUT2D eigenvalue weighted by Gasteiger charge is -2.09. The number of hydrogen-bond donors (Lipinski definition) is 1. The Morgan fingerprint density at radius 3 is 2.55 bits per heavy atom. The van der Waals surface area contributed by atoms with Crippen LogP contribution >= 0.6 is 0 Å². The van der Waals surface area contributed by atoms with Gasteiger partial charge in [-0.05, 0) is 45.0 Å². The van der Waals surface area contributed by atoms with Gasteiger partial charge in [0.25, 0.3) is 0 Å². The van der Waals surface area contributed by atoms with E-state index in [0.29, 0.717) is 6.54 Å². The van der Waals surface area contributed by atoms with Crippen molar-refractivity contribution in [2.45, 2.75) is 40.0 Å². The number of aromatic nitrogens is 1. The van der Waals surface area contributed by atoms with Gasteiger partial charge in [-0.2, -0.15) is 0 Å². The fourth-order valence-electron chi connectivity index (χ4n) is 2.82. The van der Waals surface area contributed by atoms with Gasteiger partial charge in [0.1, 0.15) is 0 Å². The van der Waals surface area contributed by atoms with E-state index in [9.17, 15) is 4.79 Å². The smallest absolute Gasteiger partial charge is 0.178 e. The van der Waals surface area contributed by atoms with Crippen molar-refractivity contribution in [3.63, 3.8) is 0 Å². The van der Waals surface area contributed by atoms with E-state index in [4.69, 9.17) is 0 Å². The molecular formula is C19H26N2O. The number of carbonyl (C=O) groups is 1. The zero-order valence-electron chi connectivity index (χ0n) is 13.9. The number of rotatable bonds is 8. The minimum Gasteiger partial charge on any atom is -0.318 e. The molecule has 0 saturated heterocycles. The molecule has 1 N–H and O–H groups in total. The van der Waals surface area contributed by atoms with Gasteiger partial charge in [-0.15, -0.1) is 0 Å². The summed E-state index contributed by atoms with van der Waals surface area (Å²) in [6, 6.07) is 12.2. The summed E-state index contributed by atoms with van der Waals surface area (Å²) in [4.78, 5) is 12.4. The Morgan fingerprint density at radius 1 is 1.14 bits per heavy atom. The number of carbonyl (C=O) groups excluding carboxylic acids is 1. The maximum absolute atomic E-state index is 12.4. The highest BCUT2D eigenvalue weighted by atomic mass is 16.1. The maximum atomic E-state index is 12.4. The van der Waals surface area contributed by atoms with Crippen LogP contribution in [0.3, 0.4) is 0 Å². The minimum absolute atomic E-state index is 0.173. The Kier molecular flexibility index (Phi) is 5.96. The number of benzene rings is 1. The monoisotopic (exact) mass is 298 g/mol. The Labute approximate surface area is 133 Å². The number of Topliss-reactive ketones (excluding diaryl/α,β-unsaturated/α-hetero) is 1. The molecule has 3 heteroatoms. The Bertz CT molecular complexity index is 614. The average Bonchev–Trinajstić information content (AvgIpc) is 2.82. The summed E-state index contributed by atoms with van der Waals surface area (Å²) in [5, 5.41) is 3.26. The normalized spacial score (nSPS) is 10.9. The van der Waals surface area contributed by atoms with Gasteiger partial charge in [0.15, 0.2) is 5.78 Å². The molecule has 0 fully saturated rings. The molecule has 1 aromatic heterocycles. The molecule has 2 aromatic rings. The second-order valence-electron chi connectivity index (χ2n) is 5.76. The van der Waals surface area contributed by atoms with Crippen molar-refractivity contribution in [3.05, 3.63) is 53.3 Å². The molecule has 118 valence electrons. The van der Waals surface area contributed by atoms with Crippen molar-refractivity contribution < 1.29 is 4.79 Å². The first-order valence-corrected chi connectivity index (χ1v) is 8.13. The van der Waals surface area contributed by atoms with Crippen LogP contribution in [0.15, 0.2) is 36.4 Å². The van der Waals surface area contributed by atoms with Crippen LogP contribution in [0.4, 0.5) is 0 Å². The summed E-state index contributed by atoms with van der Waals surface area (Å²) in [6.45, 7) is 7.58. The first kappa shape index (κ1) is 16.5. The molecule has 0 aliphatic heterocycles. The Morgan fingerprint density at radius 2 is 1.86 bits per heavy atom. The van der Waals surface area contributed by atoms with Crippen LogP contribution in [0.1, 0.15) is 47.9 Å². The number of ketones is 1. The molecule has 1 aromatic carbocycles. The van der Waals surface area contributed by atoms with E-state index < -0.39 is 0 Å². The van der Waals surface area contributed by atoms with Crippen LogP contribution in [0, 0.1) is 13.8 Å². The summed E-state index contributed by atoms with van der Waals surface area (Å²) in [5.41, 5.74) is 4.04. The lowest BCUT2D eigenvalue weighted by atomic mass is 10.1. The second kappa shape index (κ2) is 7.95. The Balaban J connectivity index is 2.08.